The third-order valence-corrected chi connectivity index (χ3v) is 8.87. The summed E-state index contributed by atoms with van der Waals surface area (Å²) in [6.45, 7) is -0.451. The lowest BCUT2D eigenvalue weighted by Gasteiger charge is -2.28. The number of H-pyrrole nitrogens is 1. The van der Waals surface area contributed by atoms with Gasteiger partial charge < -0.3 is 24.7 Å². The van der Waals surface area contributed by atoms with E-state index in [-0.39, 0.29) is 37.8 Å². The number of hydrogen-bond donors (Lipinski definition) is 3. The summed E-state index contributed by atoms with van der Waals surface area (Å²) in [5, 5.41) is 11.7. The van der Waals surface area contributed by atoms with Crippen LogP contribution in [-0.4, -0.2) is 62.1 Å². The number of ether oxygens (including phenoxy) is 1. The van der Waals surface area contributed by atoms with Crippen LogP contribution in [0.15, 0.2) is 83.9 Å². The van der Waals surface area contributed by atoms with Gasteiger partial charge in [0.25, 0.3) is 5.56 Å². The van der Waals surface area contributed by atoms with Gasteiger partial charge in [-0.15, -0.1) is 0 Å². The van der Waals surface area contributed by atoms with Crippen LogP contribution < -0.4 is 15.8 Å². The van der Waals surface area contributed by atoms with Gasteiger partial charge in [0.05, 0.1) is 12.9 Å². The lowest BCUT2D eigenvalue weighted by molar-refractivity contribution is -0.145. The second-order valence-electron chi connectivity index (χ2n) is 10.2. The van der Waals surface area contributed by atoms with Crippen molar-refractivity contribution >= 4 is 41.6 Å². The number of nitrogens with two attached hydrogens (primary N) is 1. The van der Waals surface area contributed by atoms with Crippen molar-refractivity contribution in [3.05, 3.63) is 95.0 Å². The molecule has 5 rings (SSSR count). The van der Waals surface area contributed by atoms with E-state index in [4.69, 9.17) is 19.5 Å². The second-order valence-corrected chi connectivity index (χ2v) is 12.3. The minimum absolute atomic E-state index is 0.0388. The van der Waals surface area contributed by atoms with Crippen LogP contribution in [0.1, 0.15) is 12.0 Å². The summed E-state index contributed by atoms with van der Waals surface area (Å²) in [5.41, 5.74) is 6.50. The lowest BCUT2D eigenvalue weighted by Crippen LogP contribution is -2.29. The number of hydrogen-bond acceptors (Lipinski definition) is 10. The fourth-order valence-corrected chi connectivity index (χ4v) is 6.02. The number of carbonyl (C=O) groups is 1. The maximum absolute atomic E-state index is 14.4. The highest BCUT2D eigenvalue weighted by molar-refractivity contribution is 7.51. The van der Waals surface area contributed by atoms with Crippen molar-refractivity contribution in [2.45, 2.75) is 19.6 Å². The van der Waals surface area contributed by atoms with Crippen molar-refractivity contribution in [1.82, 2.24) is 24.2 Å². The van der Waals surface area contributed by atoms with Crippen molar-refractivity contribution in [2.75, 3.05) is 32.5 Å². The summed E-state index contributed by atoms with van der Waals surface area (Å²) in [6.07, 6.45) is 1.82. The molecular weight excluding hydrogens is 587 g/mol. The molecule has 0 saturated carbocycles. The number of esters is 1. The molecule has 2 heterocycles. The smallest absolute Gasteiger partial charge is 0.460 e. The predicted octanol–water partition coefficient (Wildman–Crippen LogP) is 3.73. The maximum Gasteiger partial charge on any atom is 0.461 e. The van der Waals surface area contributed by atoms with Crippen molar-refractivity contribution < 1.29 is 28.3 Å². The van der Waals surface area contributed by atoms with Crippen molar-refractivity contribution in [3.8, 4) is 5.75 Å². The topological polar surface area (TPSA) is 175 Å². The molecule has 2 unspecified atom stereocenters. The number of nitrogen functional groups attached to an aromatic ring is 1. The SMILES string of the molecule is CN(CC(=O)OCc1ccccc1)P(=O)(OCC(CO)CCn1cnc2c(=O)[nH]c(N)nc21)Oc1cccc2ccccc12. The number of aromatic amines is 1. The fourth-order valence-electron chi connectivity index (χ4n) is 4.53. The van der Waals surface area contributed by atoms with Gasteiger partial charge in [-0.1, -0.05) is 66.7 Å². The Bertz CT molecular complexity index is 1840. The number of benzene rings is 3. The van der Waals surface area contributed by atoms with E-state index in [0.29, 0.717) is 29.7 Å². The van der Waals surface area contributed by atoms with E-state index < -0.39 is 25.2 Å². The molecule has 0 aliphatic heterocycles. The van der Waals surface area contributed by atoms with Gasteiger partial charge in [0, 0.05) is 24.5 Å². The number of rotatable bonds is 14. The Hall–Kier alpha value is -4.55. The molecule has 2 atom stereocenters. The first kappa shape index (κ1) is 30.9. The van der Waals surface area contributed by atoms with Gasteiger partial charge in [0.2, 0.25) is 5.95 Å². The van der Waals surface area contributed by atoms with E-state index in [2.05, 4.69) is 15.0 Å². The number of nitrogens with one attached hydrogen (secondary N) is 1. The molecule has 230 valence electrons. The Morgan fingerprint density at radius 3 is 2.66 bits per heavy atom. The van der Waals surface area contributed by atoms with Crippen LogP contribution in [0.25, 0.3) is 21.9 Å². The van der Waals surface area contributed by atoms with E-state index in [9.17, 15) is 19.3 Å². The first-order chi connectivity index (χ1) is 21.3. The molecule has 2 aromatic heterocycles. The van der Waals surface area contributed by atoms with Crippen LogP contribution in [-0.2, 0) is 31.8 Å². The van der Waals surface area contributed by atoms with E-state index in [1.807, 2.05) is 60.7 Å². The molecule has 0 radical (unpaired) electrons. The van der Waals surface area contributed by atoms with Crippen molar-refractivity contribution in [2.24, 2.45) is 5.92 Å². The summed E-state index contributed by atoms with van der Waals surface area (Å²) in [7, 11) is -2.71. The standard InChI is InChI=1S/C30H33N6O7P/c1-35(16-26(38)41-18-21-8-3-2-4-9-21)44(40,43-25-13-7-11-23-10-5-6-12-24(23)25)42-19-22(17-37)14-15-36-20-32-27-28(36)33-30(31)34-29(27)39/h2-13,20,22,37H,14-19H2,1H3,(H3,31,33,34,39). The van der Waals surface area contributed by atoms with Crippen LogP contribution in [0.4, 0.5) is 5.95 Å². The Kier molecular flexibility index (Phi) is 9.71. The van der Waals surface area contributed by atoms with E-state index >= 15 is 0 Å². The molecule has 44 heavy (non-hydrogen) atoms. The van der Waals surface area contributed by atoms with Crippen LogP contribution in [0.5, 0.6) is 5.75 Å². The van der Waals surface area contributed by atoms with Gasteiger partial charge in [0.1, 0.15) is 18.9 Å². The van der Waals surface area contributed by atoms with Gasteiger partial charge in [-0.05, 0) is 30.5 Å². The Labute approximate surface area is 252 Å². The lowest BCUT2D eigenvalue weighted by atomic mass is 10.1. The van der Waals surface area contributed by atoms with Gasteiger partial charge >= 0.3 is 13.7 Å². The second kappa shape index (κ2) is 13.8. The molecule has 0 spiro atoms. The summed E-state index contributed by atoms with van der Waals surface area (Å²) < 4.78 is 34.6. The summed E-state index contributed by atoms with van der Waals surface area (Å²) >= 11 is 0. The summed E-state index contributed by atoms with van der Waals surface area (Å²) in [6, 6.07) is 22.0. The fraction of sp³-hybridized carbons (Fsp3) is 0.267. The molecule has 0 amide bonds. The molecule has 0 aliphatic carbocycles. The van der Waals surface area contributed by atoms with Crippen LogP contribution >= 0.6 is 7.75 Å². The number of aliphatic hydroxyl groups excluding tert-OH is 1. The number of fused-ring (bicyclic) bond motifs is 2. The number of aromatic nitrogens is 4. The number of carbonyl (C=O) groups excluding carboxylic acids is 1. The zero-order valence-corrected chi connectivity index (χ0v) is 24.9. The number of likely N-dealkylation sites (N-methyl/N-ethyl adjacent to an activating group) is 1. The zero-order valence-electron chi connectivity index (χ0n) is 24.0. The number of nitrogens with zero attached hydrogens (tertiary/aromatic N) is 4. The summed E-state index contributed by atoms with van der Waals surface area (Å²) in [5.74, 6) is -0.831. The van der Waals surface area contributed by atoms with Crippen molar-refractivity contribution in [1.29, 1.82) is 0 Å². The average Bonchev–Trinajstić information content (AvgIpc) is 3.43. The Morgan fingerprint density at radius 2 is 1.86 bits per heavy atom. The summed E-state index contributed by atoms with van der Waals surface area (Å²) in [4.78, 5) is 35.5. The number of imidazole rings is 1. The molecule has 0 fully saturated rings. The normalized spacial score (nSPS) is 13.6. The number of aryl methyl sites for hydroxylation is 1. The van der Waals surface area contributed by atoms with Gasteiger partial charge in [0.15, 0.2) is 11.2 Å². The van der Waals surface area contributed by atoms with E-state index in [1.165, 1.54) is 18.0 Å². The maximum atomic E-state index is 14.4. The van der Waals surface area contributed by atoms with Crippen LogP contribution in [0, 0.1) is 5.92 Å². The molecule has 0 saturated heterocycles. The first-order valence-electron chi connectivity index (χ1n) is 13.9. The van der Waals surface area contributed by atoms with E-state index in [0.717, 1.165) is 10.9 Å². The average molecular weight is 621 g/mol. The monoisotopic (exact) mass is 620 g/mol. The molecule has 0 bridgehead atoms. The molecule has 5 aromatic rings. The highest BCUT2D eigenvalue weighted by Crippen LogP contribution is 2.52. The Balaban J connectivity index is 1.31. The number of aliphatic hydroxyl groups is 1. The quantitative estimate of drug-likeness (QED) is 0.122. The molecule has 0 aliphatic rings. The van der Waals surface area contributed by atoms with Crippen molar-refractivity contribution in [3.63, 3.8) is 0 Å². The third kappa shape index (κ3) is 7.32. The minimum Gasteiger partial charge on any atom is -0.460 e. The van der Waals surface area contributed by atoms with Gasteiger partial charge in [-0.3, -0.25) is 19.1 Å². The molecule has 14 heteroatoms. The molecule has 3 aromatic carbocycles. The highest BCUT2D eigenvalue weighted by atomic mass is 31.2. The molecular formula is C30H33N6O7P. The third-order valence-electron chi connectivity index (χ3n) is 6.99. The highest BCUT2D eigenvalue weighted by Gasteiger charge is 2.36. The first-order valence-corrected chi connectivity index (χ1v) is 15.4. The minimum atomic E-state index is -4.16. The predicted molar refractivity (Wildman–Crippen MR) is 165 cm³/mol. The largest absolute Gasteiger partial charge is 0.461 e. The molecule has 13 nitrogen and oxygen atoms in total. The number of anilines is 1. The van der Waals surface area contributed by atoms with Crippen LogP contribution in [0.2, 0.25) is 0 Å². The van der Waals surface area contributed by atoms with Gasteiger partial charge in [-0.25, -0.2) is 9.55 Å². The Morgan fingerprint density at radius 1 is 1.11 bits per heavy atom. The van der Waals surface area contributed by atoms with E-state index in [1.54, 1.807) is 16.7 Å². The van der Waals surface area contributed by atoms with Crippen LogP contribution in [0.3, 0.4) is 0 Å². The molecule has 4 N–H and O–H groups in total. The van der Waals surface area contributed by atoms with Gasteiger partial charge in [-0.2, -0.15) is 9.65 Å². The zero-order chi connectivity index (χ0) is 31.1.